The topological polar surface area (TPSA) is 102 Å². The van der Waals surface area contributed by atoms with Crippen LogP contribution in [0.4, 0.5) is 6.01 Å². The number of nitrogens with one attached hydrogen (secondary N) is 1. The van der Waals surface area contributed by atoms with Crippen LogP contribution in [0.2, 0.25) is 0 Å². The number of rotatable bonds is 6. The Balaban J connectivity index is 1.72. The Bertz CT molecular complexity index is 1010. The summed E-state index contributed by atoms with van der Waals surface area (Å²) >= 11 is 0. The lowest BCUT2D eigenvalue weighted by Gasteiger charge is -2.04. The highest BCUT2D eigenvalue weighted by Crippen LogP contribution is 2.16. The second-order valence-corrected chi connectivity index (χ2v) is 7.83. The third-order valence-corrected chi connectivity index (χ3v) is 5.45. The van der Waals surface area contributed by atoms with E-state index in [2.05, 4.69) is 15.5 Å². The van der Waals surface area contributed by atoms with Crippen LogP contribution in [0, 0.1) is 0 Å². The second kappa shape index (κ2) is 7.49. The molecule has 1 amide bonds. The van der Waals surface area contributed by atoms with Gasteiger partial charge in [-0.25, -0.2) is 8.42 Å². The molecule has 0 aliphatic heterocycles. The zero-order valence-electron chi connectivity index (χ0n) is 14.0. The number of carbonyl (C=O) groups excluding carboxylic acids is 1. The zero-order valence-corrected chi connectivity index (χ0v) is 14.9. The van der Waals surface area contributed by atoms with Crippen molar-refractivity contribution in [2.45, 2.75) is 18.2 Å². The maximum Gasteiger partial charge on any atom is 0.322 e. The van der Waals surface area contributed by atoms with E-state index in [9.17, 15) is 13.2 Å². The van der Waals surface area contributed by atoms with Gasteiger partial charge in [0.05, 0.1) is 17.1 Å². The van der Waals surface area contributed by atoms with E-state index in [0.717, 1.165) is 5.56 Å². The molecule has 7 nitrogen and oxygen atoms in total. The molecule has 2 aromatic carbocycles. The number of benzene rings is 2. The second-order valence-electron chi connectivity index (χ2n) is 5.55. The van der Waals surface area contributed by atoms with Crippen molar-refractivity contribution in [1.29, 1.82) is 0 Å². The van der Waals surface area contributed by atoms with Gasteiger partial charge in [-0.05, 0) is 23.8 Å². The Morgan fingerprint density at radius 3 is 2.58 bits per heavy atom. The molecule has 0 spiro atoms. The fourth-order valence-electron chi connectivity index (χ4n) is 2.31. The number of hydrogen-bond donors (Lipinski definition) is 1. The van der Waals surface area contributed by atoms with Crippen molar-refractivity contribution in [2.75, 3.05) is 11.1 Å². The van der Waals surface area contributed by atoms with Crippen LogP contribution < -0.4 is 5.32 Å². The Morgan fingerprint density at radius 2 is 1.85 bits per heavy atom. The summed E-state index contributed by atoms with van der Waals surface area (Å²) in [6.45, 7) is 1.55. The minimum atomic E-state index is -3.39. The van der Waals surface area contributed by atoms with Crippen molar-refractivity contribution < 1.29 is 17.6 Å². The first kappa shape index (κ1) is 17.8. The van der Waals surface area contributed by atoms with Crippen LogP contribution in [-0.4, -0.2) is 30.3 Å². The minimum absolute atomic E-state index is 0.0371. The van der Waals surface area contributed by atoms with Gasteiger partial charge < -0.3 is 4.42 Å². The number of aromatic nitrogens is 2. The molecule has 0 fully saturated rings. The molecule has 0 saturated heterocycles. The summed E-state index contributed by atoms with van der Waals surface area (Å²) in [5.74, 6) is -0.188. The highest BCUT2D eigenvalue weighted by atomic mass is 32.2. The van der Waals surface area contributed by atoms with Gasteiger partial charge in [0, 0.05) is 5.56 Å². The Labute approximate surface area is 151 Å². The number of hydrogen-bond acceptors (Lipinski definition) is 6. The summed E-state index contributed by atoms with van der Waals surface area (Å²) in [5.41, 5.74) is 1.20. The predicted molar refractivity (Wildman–Crippen MR) is 95.7 cm³/mol. The van der Waals surface area contributed by atoms with Crippen LogP contribution in [0.5, 0.6) is 0 Å². The highest BCUT2D eigenvalue weighted by molar-refractivity contribution is 7.91. The van der Waals surface area contributed by atoms with Crippen molar-refractivity contribution in [1.82, 2.24) is 10.2 Å². The monoisotopic (exact) mass is 371 g/mol. The number of anilines is 1. The first-order chi connectivity index (χ1) is 12.5. The van der Waals surface area contributed by atoms with Crippen LogP contribution in [0.3, 0.4) is 0 Å². The molecule has 1 aromatic heterocycles. The lowest BCUT2D eigenvalue weighted by Crippen LogP contribution is -2.13. The molecule has 134 valence electrons. The van der Waals surface area contributed by atoms with Crippen molar-refractivity contribution in [3.05, 3.63) is 71.6 Å². The molecular formula is C18H17N3O4S. The molecule has 3 aromatic rings. The van der Waals surface area contributed by atoms with E-state index in [1.54, 1.807) is 6.92 Å². The van der Waals surface area contributed by atoms with Crippen molar-refractivity contribution in [3.8, 4) is 0 Å². The van der Waals surface area contributed by atoms with Crippen molar-refractivity contribution in [2.24, 2.45) is 0 Å². The fraction of sp³-hybridized carbons (Fsp3) is 0.167. The van der Waals surface area contributed by atoms with E-state index < -0.39 is 15.7 Å². The summed E-state index contributed by atoms with van der Waals surface area (Å²) in [7, 11) is -3.39. The van der Waals surface area contributed by atoms with Gasteiger partial charge in [0.1, 0.15) is 0 Å². The molecule has 0 bridgehead atoms. The first-order valence-electron chi connectivity index (χ1n) is 7.98. The van der Waals surface area contributed by atoms with Gasteiger partial charge in [-0.2, -0.15) is 0 Å². The Kier molecular flexibility index (Phi) is 5.13. The van der Waals surface area contributed by atoms with E-state index in [-0.39, 0.29) is 22.2 Å². The van der Waals surface area contributed by atoms with E-state index in [4.69, 9.17) is 4.42 Å². The smallest absolute Gasteiger partial charge is 0.322 e. The summed E-state index contributed by atoms with van der Waals surface area (Å²) in [6.07, 6.45) is 0.452. The van der Waals surface area contributed by atoms with Gasteiger partial charge in [0.15, 0.2) is 9.84 Å². The molecule has 3 rings (SSSR count). The van der Waals surface area contributed by atoms with Crippen LogP contribution >= 0.6 is 0 Å². The largest absolute Gasteiger partial charge is 0.407 e. The molecule has 1 heterocycles. The standard InChI is InChI=1S/C18H17N3O4S/c1-2-26(23,24)15-10-6-9-14(12-15)17(22)19-18-21-20-16(25-18)11-13-7-4-3-5-8-13/h3-10,12H,2,11H2,1H3,(H,19,21,22). The van der Waals surface area contributed by atoms with E-state index >= 15 is 0 Å². The molecule has 26 heavy (non-hydrogen) atoms. The van der Waals surface area contributed by atoms with Gasteiger partial charge in [0.2, 0.25) is 5.89 Å². The van der Waals surface area contributed by atoms with Crippen LogP contribution in [-0.2, 0) is 16.3 Å². The molecule has 0 unspecified atom stereocenters. The van der Waals surface area contributed by atoms with Crippen LogP contribution in [0.25, 0.3) is 0 Å². The fourth-order valence-corrected chi connectivity index (χ4v) is 3.24. The van der Waals surface area contributed by atoms with E-state index in [0.29, 0.717) is 12.3 Å². The van der Waals surface area contributed by atoms with Gasteiger partial charge in [-0.15, -0.1) is 5.10 Å². The van der Waals surface area contributed by atoms with Crippen LogP contribution in [0.15, 0.2) is 63.9 Å². The first-order valence-corrected chi connectivity index (χ1v) is 9.63. The van der Waals surface area contributed by atoms with Gasteiger partial charge >= 0.3 is 6.01 Å². The molecule has 8 heteroatoms. The Hall–Kier alpha value is -3.00. The summed E-state index contributed by atoms with van der Waals surface area (Å²) in [6, 6.07) is 15.4. The summed E-state index contributed by atoms with van der Waals surface area (Å²) < 4.78 is 29.3. The quantitative estimate of drug-likeness (QED) is 0.715. The maximum atomic E-state index is 12.3. The molecule has 0 aliphatic carbocycles. The molecular weight excluding hydrogens is 354 g/mol. The minimum Gasteiger partial charge on any atom is -0.407 e. The van der Waals surface area contributed by atoms with E-state index in [1.165, 1.54) is 24.3 Å². The number of sulfone groups is 1. The molecule has 0 radical (unpaired) electrons. The lowest BCUT2D eigenvalue weighted by atomic mass is 10.2. The molecule has 0 saturated carbocycles. The van der Waals surface area contributed by atoms with Crippen LogP contribution in [0.1, 0.15) is 28.7 Å². The van der Waals surface area contributed by atoms with Crippen molar-refractivity contribution in [3.63, 3.8) is 0 Å². The van der Waals surface area contributed by atoms with Crippen molar-refractivity contribution >= 4 is 21.8 Å². The number of nitrogens with zero attached hydrogens (tertiary/aromatic N) is 2. The highest BCUT2D eigenvalue weighted by Gasteiger charge is 2.16. The SMILES string of the molecule is CCS(=O)(=O)c1cccc(C(=O)Nc2nnc(Cc3ccccc3)o2)c1. The Morgan fingerprint density at radius 1 is 1.08 bits per heavy atom. The number of amides is 1. The zero-order chi connectivity index (χ0) is 18.6. The normalized spacial score (nSPS) is 11.3. The summed E-state index contributed by atoms with van der Waals surface area (Å²) in [5, 5.41) is 10.2. The molecule has 0 atom stereocenters. The van der Waals surface area contributed by atoms with Gasteiger partial charge in [0.25, 0.3) is 5.91 Å². The van der Waals surface area contributed by atoms with Gasteiger partial charge in [-0.1, -0.05) is 48.4 Å². The molecule has 0 aliphatic rings. The lowest BCUT2D eigenvalue weighted by molar-refractivity contribution is 0.102. The van der Waals surface area contributed by atoms with E-state index in [1.807, 2.05) is 30.3 Å². The van der Waals surface area contributed by atoms with Gasteiger partial charge in [-0.3, -0.25) is 10.1 Å². The average Bonchev–Trinajstić information content (AvgIpc) is 3.09. The maximum absolute atomic E-state index is 12.3. The summed E-state index contributed by atoms with van der Waals surface area (Å²) in [4.78, 5) is 12.4. The third kappa shape index (κ3) is 4.15. The molecule has 1 N–H and O–H groups in total. The third-order valence-electron chi connectivity index (χ3n) is 3.72. The predicted octanol–water partition coefficient (Wildman–Crippen LogP) is 2.71. The number of carbonyl (C=O) groups is 1. The average molecular weight is 371 g/mol.